The number of hydrogen-bond acceptors (Lipinski definition) is 4. The average Bonchev–Trinajstić information content (AvgIpc) is 3.45. The Labute approximate surface area is 315 Å². The zero-order chi connectivity index (χ0) is 38.0. The highest BCUT2D eigenvalue weighted by Gasteiger charge is 2.47. The summed E-state index contributed by atoms with van der Waals surface area (Å²) in [6, 6.07) is 25.8. The van der Waals surface area contributed by atoms with Crippen LogP contribution in [0.15, 0.2) is 121 Å². The predicted molar refractivity (Wildman–Crippen MR) is 220 cm³/mol. The summed E-state index contributed by atoms with van der Waals surface area (Å²) in [6.45, 7) is 0. The summed E-state index contributed by atoms with van der Waals surface area (Å²) >= 11 is 0. The van der Waals surface area contributed by atoms with Crippen LogP contribution in [0.3, 0.4) is 0 Å². The molecule has 0 fully saturated rings. The van der Waals surface area contributed by atoms with Crippen LogP contribution in [0.25, 0.3) is 21.5 Å². The molecule has 53 heavy (non-hydrogen) atoms. The average molecular weight is 757 g/mol. The third kappa shape index (κ3) is 8.43. The van der Waals surface area contributed by atoms with Crippen molar-refractivity contribution in [2.45, 2.75) is 56.4 Å². The molecule has 3 atom stereocenters. The number of rotatable bonds is 14. The van der Waals surface area contributed by atoms with Crippen LogP contribution in [0.1, 0.15) is 61.5 Å². The molecule has 0 aromatic heterocycles. The Morgan fingerprint density at radius 1 is 0.604 bits per heavy atom. The lowest BCUT2D eigenvalue weighted by Gasteiger charge is -2.32. The van der Waals surface area contributed by atoms with Crippen molar-refractivity contribution in [3.05, 3.63) is 132 Å². The molecule has 0 radical (unpaired) electrons. The van der Waals surface area contributed by atoms with Crippen molar-refractivity contribution in [3.63, 3.8) is 0 Å². The lowest BCUT2D eigenvalue weighted by Crippen LogP contribution is -2.47. The van der Waals surface area contributed by atoms with Gasteiger partial charge in [0, 0.05) is 29.2 Å². The molecule has 10 heteroatoms. The Hall–Kier alpha value is -3.90. The van der Waals surface area contributed by atoms with Crippen molar-refractivity contribution in [1.29, 1.82) is 0 Å². The van der Waals surface area contributed by atoms with Gasteiger partial charge in [0.15, 0.2) is 0 Å². The number of quaternary nitrogens is 2. The van der Waals surface area contributed by atoms with Gasteiger partial charge in [-0.3, -0.25) is 18.1 Å². The van der Waals surface area contributed by atoms with Gasteiger partial charge in [-0.2, -0.15) is 16.8 Å². The number of likely N-dealkylation sites (N-methyl/N-ethyl adjacent to an activating group) is 2. The highest BCUT2D eigenvalue weighted by atomic mass is 32.2. The molecule has 0 saturated heterocycles. The number of hydrogen-bond donors (Lipinski definition) is 2. The number of benzene rings is 4. The zero-order valence-corrected chi connectivity index (χ0v) is 32.7. The van der Waals surface area contributed by atoms with E-state index >= 15 is 0 Å². The fraction of sp³-hybridized carbons (Fsp3) is 0.349. The minimum absolute atomic E-state index is 0.107. The molecule has 3 unspecified atom stereocenters. The van der Waals surface area contributed by atoms with E-state index in [1.54, 1.807) is 0 Å². The Morgan fingerprint density at radius 2 is 1.13 bits per heavy atom. The molecule has 4 aromatic carbocycles. The molecule has 2 aliphatic heterocycles. The summed E-state index contributed by atoms with van der Waals surface area (Å²) in [5, 5.41) is 4.83. The van der Waals surface area contributed by atoms with Crippen molar-refractivity contribution in [3.8, 4) is 0 Å². The van der Waals surface area contributed by atoms with Gasteiger partial charge >= 0.3 is 0 Å². The first-order chi connectivity index (χ1) is 25.1. The zero-order valence-electron chi connectivity index (χ0n) is 31.1. The van der Waals surface area contributed by atoms with Crippen LogP contribution in [0.5, 0.6) is 0 Å². The van der Waals surface area contributed by atoms with E-state index in [0.717, 1.165) is 12.8 Å². The molecule has 4 aromatic rings. The molecule has 0 spiro atoms. The van der Waals surface area contributed by atoms with E-state index in [9.17, 15) is 25.9 Å². The van der Waals surface area contributed by atoms with Gasteiger partial charge in [-0.05, 0) is 71.5 Å². The van der Waals surface area contributed by atoms with Gasteiger partial charge in [0.05, 0.1) is 45.6 Å². The molecule has 0 saturated carbocycles. The van der Waals surface area contributed by atoms with Gasteiger partial charge in [0.25, 0.3) is 20.2 Å². The van der Waals surface area contributed by atoms with Crippen molar-refractivity contribution >= 4 is 53.2 Å². The molecule has 0 amide bonds. The van der Waals surface area contributed by atoms with E-state index in [2.05, 4.69) is 125 Å². The van der Waals surface area contributed by atoms with E-state index in [0.29, 0.717) is 34.6 Å². The molecule has 8 nitrogen and oxygen atoms in total. The maximum atomic E-state index is 11.4. The van der Waals surface area contributed by atoms with Gasteiger partial charge in [-0.15, -0.1) is 0 Å². The van der Waals surface area contributed by atoms with E-state index in [4.69, 9.17) is 0 Å². The highest BCUT2D eigenvalue weighted by molar-refractivity contribution is 7.86. The normalized spacial score (nSPS) is 21.8. The third-order valence-electron chi connectivity index (χ3n) is 11.3. The highest BCUT2D eigenvalue weighted by Crippen LogP contribution is 2.52. The fourth-order valence-corrected chi connectivity index (χ4v) is 9.98. The van der Waals surface area contributed by atoms with Crippen molar-refractivity contribution in [2.24, 2.45) is 0 Å². The summed E-state index contributed by atoms with van der Waals surface area (Å²) in [7, 11) is 0.881. The lowest BCUT2D eigenvalue weighted by atomic mass is 9.86. The van der Waals surface area contributed by atoms with E-state index in [1.807, 2.05) is 18.2 Å². The monoisotopic (exact) mass is 756 g/mol. The maximum Gasteiger partial charge on any atom is 0.264 e. The van der Waals surface area contributed by atoms with Crippen LogP contribution in [0.4, 0.5) is 11.4 Å². The van der Waals surface area contributed by atoms with Crippen LogP contribution in [-0.4, -0.2) is 71.7 Å². The van der Waals surface area contributed by atoms with Crippen molar-refractivity contribution in [2.75, 3.05) is 39.7 Å². The maximum absolute atomic E-state index is 11.4. The summed E-state index contributed by atoms with van der Waals surface area (Å²) in [4.78, 5) is 0. The van der Waals surface area contributed by atoms with Gasteiger partial charge in [-0.25, -0.2) is 0 Å². The Bertz CT molecular complexity index is 2340. The Balaban J connectivity index is 1.23. The minimum Gasteiger partial charge on any atom is -0.290 e. The quantitative estimate of drug-likeness (QED) is 0.0576. The molecular formula is C43H52N2O6S2+2. The molecule has 6 rings (SSSR count). The lowest BCUT2D eigenvalue weighted by molar-refractivity contribution is 0.323. The Kier molecular flexibility index (Phi) is 11.3. The molecule has 2 heterocycles. The SMILES string of the molecule is C[N+]1(C)C(=CC=CC=CC=CC2C(CCCCS(=O)(=O)O)c3c(ccc4ccccc34)[N+]2(C)C)C(CCCCS(=O)(=O)O)c2c1ccc1ccccc21. The predicted octanol–water partition coefficient (Wildman–Crippen LogP) is 9.06. The van der Waals surface area contributed by atoms with Gasteiger partial charge in [-0.1, -0.05) is 91.8 Å². The molecule has 0 bridgehead atoms. The second-order valence-electron chi connectivity index (χ2n) is 15.4. The van der Waals surface area contributed by atoms with Gasteiger partial charge in [0.1, 0.15) is 23.1 Å². The summed E-state index contributed by atoms with van der Waals surface area (Å²) in [6.07, 6.45) is 18.6. The van der Waals surface area contributed by atoms with Gasteiger partial charge in [0.2, 0.25) is 0 Å². The first-order valence-corrected chi connectivity index (χ1v) is 21.7. The number of allylic oxidation sites excluding steroid dienone is 7. The smallest absolute Gasteiger partial charge is 0.264 e. The number of fused-ring (bicyclic) bond motifs is 6. The molecule has 0 aliphatic carbocycles. The first kappa shape index (κ1) is 38.8. The first-order valence-electron chi connectivity index (χ1n) is 18.4. The van der Waals surface area contributed by atoms with Crippen LogP contribution >= 0.6 is 0 Å². The molecular weight excluding hydrogens is 705 g/mol. The fourth-order valence-electron chi connectivity index (χ4n) is 8.84. The summed E-state index contributed by atoms with van der Waals surface area (Å²) in [5.74, 6) is -0.159. The van der Waals surface area contributed by atoms with E-state index < -0.39 is 20.2 Å². The minimum atomic E-state index is -4.00. The van der Waals surface area contributed by atoms with Crippen LogP contribution in [0, 0.1) is 0 Å². The van der Waals surface area contributed by atoms with Crippen molar-refractivity contribution in [1.82, 2.24) is 8.97 Å². The second kappa shape index (κ2) is 15.5. The van der Waals surface area contributed by atoms with Crippen molar-refractivity contribution < 1.29 is 25.9 Å². The molecule has 280 valence electrons. The third-order valence-corrected chi connectivity index (χ3v) is 12.9. The van der Waals surface area contributed by atoms with Crippen LogP contribution in [-0.2, 0) is 20.2 Å². The summed E-state index contributed by atoms with van der Waals surface area (Å²) in [5.41, 5.74) is 6.35. The van der Waals surface area contributed by atoms with E-state index in [-0.39, 0.29) is 29.4 Å². The summed E-state index contributed by atoms with van der Waals surface area (Å²) < 4.78 is 65.6. The van der Waals surface area contributed by atoms with Crippen LogP contribution < -0.4 is 8.97 Å². The van der Waals surface area contributed by atoms with Crippen LogP contribution in [0.2, 0.25) is 0 Å². The second-order valence-corrected chi connectivity index (χ2v) is 18.5. The van der Waals surface area contributed by atoms with Gasteiger partial charge < -0.3 is 0 Å². The van der Waals surface area contributed by atoms with E-state index in [1.165, 1.54) is 49.7 Å². The Morgan fingerprint density at radius 3 is 1.75 bits per heavy atom. The standard InChI is InChI=1S/C43H50N2O6S2/c1-44(2)38(36(22-14-16-30-52(46,47)48)42-34-20-12-10-18-32(34)26-28-40(42)44)24-8-6-5-7-9-25-39-37(23-15-17-31-53(49,50)51)43-35-21-13-11-19-33(35)27-29-41(43)45(39,3)4/h5-13,18-21,24-29,36-38H,14-17,22-23,30-31H2,1-4H3/p+2. The topological polar surface area (TPSA) is 109 Å². The number of nitrogens with zero attached hydrogens (tertiary/aromatic N) is 2. The molecule has 2 aliphatic rings. The molecule has 2 N–H and O–H groups in total. The largest absolute Gasteiger partial charge is 0.290 e. The number of unbranched alkanes of at least 4 members (excludes halogenated alkanes) is 2.